The zero-order chi connectivity index (χ0) is 27.4. The Bertz CT molecular complexity index is 1180. The van der Waals surface area contributed by atoms with Gasteiger partial charge in [-0.2, -0.15) is 25.2 Å². The van der Waals surface area contributed by atoms with E-state index in [1.165, 1.54) is 5.56 Å². The van der Waals surface area contributed by atoms with E-state index in [9.17, 15) is 0 Å². The number of rotatable bonds is 15. The fraction of sp³-hybridized carbons (Fsp3) is 0.423. The number of nitrogens with one attached hydrogen (secondary N) is 2. The van der Waals surface area contributed by atoms with Crippen molar-refractivity contribution in [3.05, 3.63) is 58.9 Å². The van der Waals surface area contributed by atoms with Gasteiger partial charge in [-0.25, -0.2) is 0 Å². The second-order valence-corrected chi connectivity index (χ2v) is 11.5. The van der Waals surface area contributed by atoms with Gasteiger partial charge >= 0.3 is 8.80 Å². The lowest BCUT2D eigenvalue weighted by atomic mass is 10.2. The van der Waals surface area contributed by atoms with Crippen LogP contribution in [0.15, 0.2) is 52.7 Å². The van der Waals surface area contributed by atoms with Crippen LogP contribution in [0.4, 0.5) is 29.0 Å². The largest absolute Gasteiger partial charge is 0.500 e. The van der Waals surface area contributed by atoms with Crippen molar-refractivity contribution in [2.24, 2.45) is 10.2 Å². The van der Waals surface area contributed by atoms with E-state index in [1.807, 2.05) is 77.1 Å². The van der Waals surface area contributed by atoms with Crippen LogP contribution in [0.5, 0.6) is 0 Å². The average molecular weight is 558 g/mol. The van der Waals surface area contributed by atoms with Crippen molar-refractivity contribution >= 4 is 49.4 Å². The lowest BCUT2D eigenvalue weighted by molar-refractivity contribution is 0.0710. The van der Waals surface area contributed by atoms with Crippen molar-refractivity contribution in [1.29, 1.82) is 0 Å². The number of aryl methyl sites for hydroxylation is 2. The minimum absolute atomic E-state index is 0.0906. The predicted octanol–water partition coefficient (Wildman–Crippen LogP) is 7.15. The van der Waals surface area contributed by atoms with Gasteiger partial charge in [0.05, 0.1) is 11.4 Å². The molecule has 2 aromatic carbocycles. The van der Waals surface area contributed by atoms with Gasteiger partial charge in [0, 0.05) is 38.1 Å². The normalized spacial score (nSPS) is 11.7. The molecule has 0 unspecified atom stereocenters. The molecular formula is C26H36ClN7O3Si. The highest BCUT2D eigenvalue weighted by Crippen LogP contribution is 2.26. The third kappa shape index (κ3) is 9.10. The van der Waals surface area contributed by atoms with E-state index in [1.54, 1.807) is 0 Å². The number of anilines is 3. The standard InChI is InChI=1S/C26H36ClN7O3Si/c1-6-35-38(36-7-2,37-8-3)17-9-16-28-25-30-24(27)31-26(32-25)29-23-15-14-22(18-20(23)5)34-33-21-12-10-19(4)11-13-21/h10-15,18H,6-9,16-17H2,1-5H3,(H2,28,29,30,31,32). The minimum Gasteiger partial charge on any atom is -0.374 e. The van der Waals surface area contributed by atoms with Crippen LogP contribution >= 0.6 is 11.6 Å². The SMILES string of the molecule is CCO[Si](CCCNc1nc(Cl)nc(Nc2ccc(N=Nc3ccc(C)cc3)cc2C)n1)(OCC)OCC. The second-order valence-electron chi connectivity index (χ2n) is 8.42. The number of azo groups is 1. The zero-order valence-electron chi connectivity index (χ0n) is 22.6. The Kier molecular flexibility index (Phi) is 11.6. The Labute approximate surface area is 230 Å². The summed E-state index contributed by atoms with van der Waals surface area (Å²) in [6, 6.07) is 14.3. The lowest BCUT2D eigenvalue weighted by Gasteiger charge is -2.28. The molecule has 1 aromatic heterocycles. The van der Waals surface area contributed by atoms with E-state index in [-0.39, 0.29) is 5.28 Å². The highest BCUT2D eigenvalue weighted by atomic mass is 35.5. The number of benzene rings is 2. The molecular weight excluding hydrogens is 522 g/mol. The molecule has 0 aliphatic carbocycles. The molecule has 0 radical (unpaired) electrons. The van der Waals surface area contributed by atoms with Crippen molar-refractivity contribution in [2.45, 2.75) is 47.1 Å². The van der Waals surface area contributed by atoms with Crippen molar-refractivity contribution in [3.63, 3.8) is 0 Å². The summed E-state index contributed by atoms with van der Waals surface area (Å²) in [5, 5.41) is 15.2. The molecule has 0 fully saturated rings. The molecule has 0 amide bonds. The Morgan fingerprint density at radius 3 is 2.05 bits per heavy atom. The number of aromatic nitrogens is 3. The van der Waals surface area contributed by atoms with Gasteiger partial charge in [0.2, 0.25) is 17.2 Å². The van der Waals surface area contributed by atoms with Gasteiger partial charge in [-0.3, -0.25) is 0 Å². The summed E-state index contributed by atoms with van der Waals surface area (Å²) in [5.41, 5.74) is 4.52. The highest BCUT2D eigenvalue weighted by molar-refractivity contribution is 6.60. The maximum Gasteiger partial charge on any atom is 0.500 e. The van der Waals surface area contributed by atoms with Crippen LogP contribution in [0.1, 0.15) is 38.3 Å². The molecule has 3 aromatic rings. The van der Waals surface area contributed by atoms with E-state index in [0.29, 0.717) is 44.3 Å². The zero-order valence-corrected chi connectivity index (χ0v) is 24.4. The second kappa shape index (κ2) is 14.8. The Hall–Kier alpha value is -2.96. The van der Waals surface area contributed by atoms with Gasteiger partial charge in [-0.15, -0.1) is 0 Å². The Balaban J connectivity index is 1.61. The monoisotopic (exact) mass is 557 g/mol. The van der Waals surface area contributed by atoms with Gasteiger partial charge in [0.1, 0.15) is 0 Å². The molecule has 0 spiro atoms. The van der Waals surface area contributed by atoms with Crippen LogP contribution in [-0.2, 0) is 13.3 Å². The molecule has 0 atom stereocenters. The summed E-state index contributed by atoms with van der Waals surface area (Å²) in [5.74, 6) is 0.719. The number of hydrogen-bond donors (Lipinski definition) is 2. The first-order chi connectivity index (χ1) is 18.4. The van der Waals surface area contributed by atoms with Crippen LogP contribution in [0, 0.1) is 13.8 Å². The van der Waals surface area contributed by atoms with Gasteiger partial charge in [0.15, 0.2) is 0 Å². The number of hydrogen-bond acceptors (Lipinski definition) is 10. The van der Waals surface area contributed by atoms with Crippen molar-refractivity contribution < 1.29 is 13.3 Å². The molecule has 0 saturated carbocycles. The quantitative estimate of drug-likeness (QED) is 0.115. The van der Waals surface area contributed by atoms with E-state index in [4.69, 9.17) is 24.9 Å². The molecule has 38 heavy (non-hydrogen) atoms. The molecule has 2 N–H and O–H groups in total. The fourth-order valence-corrected chi connectivity index (χ4v) is 6.46. The average Bonchev–Trinajstić information content (AvgIpc) is 2.88. The fourth-order valence-electron chi connectivity index (χ4n) is 3.69. The summed E-state index contributed by atoms with van der Waals surface area (Å²) >= 11 is 6.18. The van der Waals surface area contributed by atoms with Crippen LogP contribution < -0.4 is 10.6 Å². The summed E-state index contributed by atoms with van der Waals surface area (Å²) in [6.07, 6.45) is 0.760. The van der Waals surface area contributed by atoms with E-state index in [0.717, 1.165) is 29.0 Å². The van der Waals surface area contributed by atoms with E-state index >= 15 is 0 Å². The van der Waals surface area contributed by atoms with E-state index in [2.05, 4.69) is 35.8 Å². The van der Waals surface area contributed by atoms with Crippen molar-refractivity contribution in [3.8, 4) is 0 Å². The maximum atomic E-state index is 6.18. The van der Waals surface area contributed by atoms with E-state index < -0.39 is 8.80 Å². The van der Waals surface area contributed by atoms with Crippen molar-refractivity contribution in [1.82, 2.24) is 15.0 Å². The highest BCUT2D eigenvalue weighted by Gasteiger charge is 2.39. The van der Waals surface area contributed by atoms with Crippen LogP contribution in [0.25, 0.3) is 0 Å². The minimum atomic E-state index is -2.69. The topological polar surface area (TPSA) is 115 Å². The third-order valence-electron chi connectivity index (χ3n) is 5.42. The third-order valence-corrected chi connectivity index (χ3v) is 8.74. The molecule has 3 rings (SSSR count). The first-order valence-corrected chi connectivity index (χ1v) is 15.1. The Morgan fingerprint density at radius 2 is 1.42 bits per heavy atom. The first kappa shape index (κ1) is 29.6. The summed E-state index contributed by atoms with van der Waals surface area (Å²) in [4.78, 5) is 12.9. The van der Waals surface area contributed by atoms with Gasteiger partial charge < -0.3 is 23.9 Å². The molecule has 0 aliphatic rings. The molecule has 0 saturated heterocycles. The van der Waals surface area contributed by atoms with Gasteiger partial charge in [-0.05, 0) is 88.5 Å². The first-order valence-electron chi connectivity index (χ1n) is 12.8. The Morgan fingerprint density at radius 1 is 0.816 bits per heavy atom. The number of halogens is 1. The predicted molar refractivity (Wildman–Crippen MR) is 153 cm³/mol. The van der Waals surface area contributed by atoms with Crippen molar-refractivity contribution in [2.75, 3.05) is 37.0 Å². The van der Waals surface area contributed by atoms with Gasteiger partial charge in [0.25, 0.3) is 0 Å². The van der Waals surface area contributed by atoms with Crippen LogP contribution in [-0.4, -0.2) is 50.1 Å². The summed E-state index contributed by atoms with van der Waals surface area (Å²) in [6.45, 7) is 12.1. The molecule has 1 heterocycles. The molecule has 12 heteroatoms. The molecule has 10 nitrogen and oxygen atoms in total. The maximum absolute atomic E-state index is 6.18. The number of nitrogens with zero attached hydrogens (tertiary/aromatic N) is 5. The smallest absolute Gasteiger partial charge is 0.374 e. The molecule has 0 bridgehead atoms. The van der Waals surface area contributed by atoms with Gasteiger partial charge in [-0.1, -0.05) is 17.7 Å². The summed E-state index contributed by atoms with van der Waals surface area (Å²) < 4.78 is 17.7. The summed E-state index contributed by atoms with van der Waals surface area (Å²) in [7, 11) is -2.69. The molecule has 0 aliphatic heterocycles. The molecule has 204 valence electrons. The lowest BCUT2D eigenvalue weighted by Crippen LogP contribution is -2.46. The van der Waals surface area contributed by atoms with Crippen LogP contribution in [0.2, 0.25) is 11.3 Å². The van der Waals surface area contributed by atoms with Crippen LogP contribution in [0.3, 0.4) is 0 Å².